The highest BCUT2D eigenvalue weighted by atomic mass is 32.1. The summed E-state index contributed by atoms with van der Waals surface area (Å²) in [4.78, 5) is 55.2. The average molecular weight is 443 g/mol. The number of aromatic nitrogens is 2. The minimum atomic E-state index is -1.21. The molecule has 4 unspecified atom stereocenters. The molecule has 0 spiro atoms. The number of imidazole rings is 1. The minimum absolute atomic E-state index is 0.0114. The van der Waals surface area contributed by atoms with E-state index in [0.717, 1.165) is 0 Å². The van der Waals surface area contributed by atoms with Gasteiger partial charge >= 0.3 is 5.97 Å². The van der Waals surface area contributed by atoms with Crippen LogP contribution in [0.25, 0.3) is 0 Å². The van der Waals surface area contributed by atoms with Crippen LogP contribution in [-0.4, -0.2) is 68.7 Å². The van der Waals surface area contributed by atoms with E-state index < -0.39 is 47.9 Å². The van der Waals surface area contributed by atoms with Crippen LogP contribution in [0.1, 0.15) is 32.9 Å². The Kier molecular flexibility index (Phi) is 10.3. The van der Waals surface area contributed by atoms with E-state index in [2.05, 4.69) is 38.5 Å². The van der Waals surface area contributed by atoms with Crippen molar-refractivity contribution in [3.63, 3.8) is 0 Å². The van der Waals surface area contributed by atoms with Gasteiger partial charge in [-0.3, -0.25) is 14.4 Å². The van der Waals surface area contributed by atoms with Crippen molar-refractivity contribution in [2.75, 3.05) is 5.75 Å². The largest absolute Gasteiger partial charge is 0.480 e. The van der Waals surface area contributed by atoms with Gasteiger partial charge < -0.3 is 31.8 Å². The van der Waals surface area contributed by atoms with E-state index in [9.17, 15) is 24.3 Å². The molecular weight excluding hydrogens is 412 g/mol. The van der Waals surface area contributed by atoms with Crippen molar-refractivity contribution in [2.24, 2.45) is 11.7 Å². The lowest BCUT2D eigenvalue weighted by molar-refractivity contribution is -0.142. The first-order valence-corrected chi connectivity index (χ1v) is 10.2. The molecule has 3 amide bonds. The second-order valence-corrected chi connectivity index (χ2v) is 7.76. The first-order valence-electron chi connectivity index (χ1n) is 9.52. The standard InChI is InChI=1S/C18H30N6O5S/c1-9(2)4-13(23-15(25)10(3)22-16(26)12(19)7-30)17(27)24-14(18(28)29)5-11-6-20-8-21-11/h6,8-10,12-14,30H,4-5,7,19H2,1-3H3,(H,20,21)(H,22,26)(H,23,25)(H,24,27)(H,28,29). The number of hydrogen-bond acceptors (Lipinski definition) is 7. The van der Waals surface area contributed by atoms with Gasteiger partial charge in [-0.1, -0.05) is 13.8 Å². The number of carbonyl (C=O) groups is 4. The fourth-order valence-electron chi connectivity index (χ4n) is 2.56. The van der Waals surface area contributed by atoms with E-state index >= 15 is 0 Å². The molecule has 4 atom stereocenters. The lowest BCUT2D eigenvalue weighted by atomic mass is 10.0. The van der Waals surface area contributed by atoms with E-state index in [0.29, 0.717) is 5.69 Å². The summed E-state index contributed by atoms with van der Waals surface area (Å²) in [6.45, 7) is 5.19. The number of thiol groups is 1. The zero-order valence-electron chi connectivity index (χ0n) is 17.2. The van der Waals surface area contributed by atoms with Crippen molar-refractivity contribution < 1.29 is 24.3 Å². The molecular formula is C18H30N6O5S. The fraction of sp³-hybridized carbons (Fsp3) is 0.611. The summed E-state index contributed by atoms with van der Waals surface area (Å²) in [5, 5.41) is 16.9. The van der Waals surface area contributed by atoms with Crippen molar-refractivity contribution >= 4 is 36.3 Å². The van der Waals surface area contributed by atoms with Crippen molar-refractivity contribution in [1.29, 1.82) is 0 Å². The number of H-pyrrole nitrogens is 1. The highest BCUT2D eigenvalue weighted by molar-refractivity contribution is 7.80. The molecule has 30 heavy (non-hydrogen) atoms. The van der Waals surface area contributed by atoms with Crippen LogP contribution >= 0.6 is 12.6 Å². The number of nitrogens with two attached hydrogens (primary N) is 1. The SMILES string of the molecule is CC(C)CC(NC(=O)C(C)NC(=O)C(N)CS)C(=O)NC(Cc1cnc[nH]1)C(=O)O. The predicted molar refractivity (Wildman–Crippen MR) is 113 cm³/mol. The molecule has 1 heterocycles. The van der Waals surface area contributed by atoms with Gasteiger partial charge in [0.25, 0.3) is 0 Å². The highest BCUT2D eigenvalue weighted by Gasteiger charge is 2.29. The molecule has 0 saturated carbocycles. The quantitative estimate of drug-likeness (QED) is 0.199. The predicted octanol–water partition coefficient (Wildman–Crippen LogP) is -1.19. The van der Waals surface area contributed by atoms with Crippen LogP contribution in [0.15, 0.2) is 12.5 Å². The van der Waals surface area contributed by atoms with Gasteiger partial charge in [-0.05, 0) is 19.3 Å². The Morgan fingerprint density at radius 3 is 2.23 bits per heavy atom. The van der Waals surface area contributed by atoms with Crippen LogP contribution < -0.4 is 21.7 Å². The number of rotatable bonds is 12. The maximum absolute atomic E-state index is 12.7. The molecule has 1 rings (SSSR count). The Bertz CT molecular complexity index is 727. The number of carboxylic acid groups (broad SMARTS) is 1. The summed E-state index contributed by atoms with van der Waals surface area (Å²) < 4.78 is 0. The summed E-state index contributed by atoms with van der Waals surface area (Å²) >= 11 is 3.94. The third kappa shape index (κ3) is 8.41. The maximum atomic E-state index is 12.7. The number of aliphatic carboxylic acids is 1. The summed E-state index contributed by atoms with van der Waals surface area (Å²) in [6, 6.07) is -3.97. The van der Waals surface area contributed by atoms with E-state index in [1.807, 2.05) is 13.8 Å². The Labute approximate surface area is 180 Å². The van der Waals surface area contributed by atoms with Crippen LogP contribution in [0.4, 0.5) is 0 Å². The molecule has 0 bridgehead atoms. The third-order valence-corrected chi connectivity index (χ3v) is 4.61. The number of carboxylic acids is 1. The Morgan fingerprint density at radius 1 is 1.10 bits per heavy atom. The summed E-state index contributed by atoms with van der Waals surface area (Å²) in [7, 11) is 0. The lowest BCUT2D eigenvalue weighted by Gasteiger charge is -2.24. The van der Waals surface area contributed by atoms with Gasteiger partial charge in [-0.2, -0.15) is 12.6 Å². The number of nitrogens with one attached hydrogen (secondary N) is 4. The molecule has 0 saturated heterocycles. The number of nitrogens with zero attached hydrogens (tertiary/aromatic N) is 1. The number of aromatic amines is 1. The van der Waals surface area contributed by atoms with Crippen LogP contribution in [0.5, 0.6) is 0 Å². The van der Waals surface area contributed by atoms with Crippen LogP contribution in [0.3, 0.4) is 0 Å². The molecule has 0 aliphatic heterocycles. The van der Waals surface area contributed by atoms with Gasteiger partial charge in [0.1, 0.15) is 18.1 Å². The van der Waals surface area contributed by atoms with E-state index in [4.69, 9.17) is 5.73 Å². The molecule has 12 heteroatoms. The number of hydrogen-bond donors (Lipinski definition) is 7. The normalized spacial score (nSPS) is 15.0. The lowest BCUT2D eigenvalue weighted by Crippen LogP contribution is -2.57. The van der Waals surface area contributed by atoms with E-state index in [-0.39, 0.29) is 24.5 Å². The molecule has 7 N–H and O–H groups in total. The van der Waals surface area contributed by atoms with Gasteiger partial charge in [0.2, 0.25) is 17.7 Å². The van der Waals surface area contributed by atoms with E-state index in [1.54, 1.807) is 0 Å². The molecule has 0 aromatic carbocycles. The summed E-state index contributed by atoms with van der Waals surface area (Å²) in [5.74, 6) is -2.81. The zero-order valence-corrected chi connectivity index (χ0v) is 18.1. The summed E-state index contributed by atoms with van der Waals surface area (Å²) in [5.41, 5.74) is 6.12. The molecule has 1 aromatic heterocycles. The fourth-order valence-corrected chi connectivity index (χ4v) is 2.72. The van der Waals surface area contributed by atoms with Crippen LogP contribution in [0.2, 0.25) is 0 Å². The first kappa shape index (κ1) is 25.4. The third-order valence-electron chi connectivity index (χ3n) is 4.22. The zero-order chi connectivity index (χ0) is 22.8. The average Bonchev–Trinajstić information content (AvgIpc) is 3.18. The molecule has 0 fully saturated rings. The minimum Gasteiger partial charge on any atom is -0.480 e. The van der Waals surface area contributed by atoms with Gasteiger partial charge in [0.15, 0.2) is 0 Å². The van der Waals surface area contributed by atoms with Gasteiger partial charge in [0.05, 0.1) is 12.4 Å². The molecule has 0 aliphatic rings. The van der Waals surface area contributed by atoms with Gasteiger partial charge in [0, 0.05) is 24.1 Å². The monoisotopic (exact) mass is 442 g/mol. The Hall–Kier alpha value is -2.60. The summed E-state index contributed by atoms with van der Waals surface area (Å²) in [6.07, 6.45) is 3.17. The molecule has 0 aliphatic carbocycles. The molecule has 0 radical (unpaired) electrons. The second kappa shape index (κ2) is 12.2. The van der Waals surface area contributed by atoms with E-state index in [1.165, 1.54) is 19.4 Å². The van der Waals surface area contributed by atoms with Crippen molar-refractivity contribution in [3.05, 3.63) is 18.2 Å². The van der Waals surface area contributed by atoms with Gasteiger partial charge in [-0.15, -0.1) is 0 Å². The number of carbonyl (C=O) groups excluding carboxylic acids is 3. The maximum Gasteiger partial charge on any atom is 0.326 e. The van der Waals surface area contributed by atoms with Gasteiger partial charge in [-0.25, -0.2) is 9.78 Å². The van der Waals surface area contributed by atoms with Crippen LogP contribution in [0, 0.1) is 5.92 Å². The topological polar surface area (TPSA) is 179 Å². The molecule has 11 nitrogen and oxygen atoms in total. The highest BCUT2D eigenvalue weighted by Crippen LogP contribution is 2.07. The van der Waals surface area contributed by atoms with Crippen LogP contribution in [-0.2, 0) is 25.6 Å². The second-order valence-electron chi connectivity index (χ2n) is 7.39. The Balaban J connectivity index is 2.80. The number of amides is 3. The molecule has 1 aromatic rings. The Morgan fingerprint density at radius 2 is 1.73 bits per heavy atom. The first-order chi connectivity index (χ1) is 14.0. The van der Waals surface area contributed by atoms with Crippen molar-refractivity contribution in [3.8, 4) is 0 Å². The smallest absolute Gasteiger partial charge is 0.326 e. The molecule has 168 valence electrons. The van der Waals surface area contributed by atoms with Crippen molar-refractivity contribution in [1.82, 2.24) is 25.9 Å². The van der Waals surface area contributed by atoms with Crippen molar-refractivity contribution in [2.45, 2.75) is 57.8 Å².